The predicted octanol–water partition coefficient (Wildman–Crippen LogP) is 2.68. The normalized spacial score (nSPS) is 28.7. The van der Waals surface area contributed by atoms with Gasteiger partial charge in [-0.25, -0.2) is 0 Å². The second-order valence-electron chi connectivity index (χ2n) is 4.97. The van der Waals surface area contributed by atoms with Crippen molar-refractivity contribution < 1.29 is 14.6 Å². The summed E-state index contributed by atoms with van der Waals surface area (Å²) in [4.78, 5) is 11.8. The third kappa shape index (κ3) is 3.84. The van der Waals surface area contributed by atoms with Gasteiger partial charge in [0.2, 0.25) is 0 Å². The van der Waals surface area contributed by atoms with Gasteiger partial charge >= 0.3 is 5.97 Å². The van der Waals surface area contributed by atoms with Gasteiger partial charge in [-0.1, -0.05) is 37.8 Å². The van der Waals surface area contributed by atoms with Crippen LogP contribution in [0.3, 0.4) is 0 Å². The van der Waals surface area contributed by atoms with Crippen LogP contribution in [0.25, 0.3) is 0 Å². The van der Waals surface area contributed by atoms with E-state index < -0.39 is 6.10 Å². The lowest BCUT2D eigenvalue weighted by Gasteiger charge is -2.31. The van der Waals surface area contributed by atoms with E-state index >= 15 is 0 Å². The van der Waals surface area contributed by atoms with E-state index in [1.165, 1.54) is 20.0 Å². The lowest BCUT2D eigenvalue weighted by atomic mass is 9.75. The third-order valence-electron chi connectivity index (χ3n) is 3.60. The van der Waals surface area contributed by atoms with Crippen molar-refractivity contribution in [2.75, 3.05) is 7.11 Å². The number of methoxy groups -OCH3 is 1. The molecular formula is C14H24O3. The van der Waals surface area contributed by atoms with E-state index in [1.807, 2.05) is 6.92 Å². The summed E-state index contributed by atoms with van der Waals surface area (Å²) in [6.07, 6.45) is 6.54. The van der Waals surface area contributed by atoms with Crippen LogP contribution in [-0.2, 0) is 9.53 Å². The second-order valence-corrected chi connectivity index (χ2v) is 4.97. The lowest BCUT2D eigenvalue weighted by Crippen LogP contribution is -2.32. The number of esters is 1. The van der Waals surface area contributed by atoms with Gasteiger partial charge in [0, 0.05) is 0 Å². The fraction of sp³-hybridized carbons (Fsp3) is 0.786. The Morgan fingerprint density at radius 2 is 2.24 bits per heavy atom. The second kappa shape index (κ2) is 6.80. The van der Waals surface area contributed by atoms with Crippen LogP contribution in [0.1, 0.15) is 46.0 Å². The molecule has 0 unspecified atom stereocenters. The molecule has 1 N–H and O–H groups in total. The summed E-state index contributed by atoms with van der Waals surface area (Å²) in [5.74, 6) is -0.0820. The van der Waals surface area contributed by atoms with Crippen LogP contribution in [0.4, 0.5) is 0 Å². The number of hydrogen-bond donors (Lipinski definition) is 1. The van der Waals surface area contributed by atoms with Crippen molar-refractivity contribution in [3.63, 3.8) is 0 Å². The topological polar surface area (TPSA) is 46.5 Å². The van der Waals surface area contributed by atoms with E-state index in [0.717, 1.165) is 18.4 Å². The molecule has 3 atom stereocenters. The molecule has 1 rings (SSSR count). The number of ether oxygens (including phenoxy) is 1. The minimum absolute atomic E-state index is 0.153. The summed E-state index contributed by atoms with van der Waals surface area (Å²) in [6, 6.07) is 0. The van der Waals surface area contributed by atoms with E-state index in [1.54, 1.807) is 6.08 Å². The first-order valence-electron chi connectivity index (χ1n) is 6.54. The molecule has 0 spiro atoms. The highest BCUT2D eigenvalue weighted by atomic mass is 16.5. The first-order chi connectivity index (χ1) is 8.10. The van der Waals surface area contributed by atoms with Crippen molar-refractivity contribution >= 4 is 5.97 Å². The van der Waals surface area contributed by atoms with Crippen molar-refractivity contribution in [1.82, 2.24) is 0 Å². The Morgan fingerprint density at radius 3 is 2.82 bits per heavy atom. The molecule has 1 aliphatic rings. The van der Waals surface area contributed by atoms with Gasteiger partial charge < -0.3 is 9.84 Å². The van der Waals surface area contributed by atoms with Crippen molar-refractivity contribution in [2.24, 2.45) is 11.8 Å². The van der Waals surface area contributed by atoms with Crippen molar-refractivity contribution in [1.29, 1.82) is 0 Å². The monoisotopic (exact) mass is 240 g/mol. The van der Waals surface area contributed by atoms with Crippen LogP contribution in [-0.4, -0.2) is 24.3 Å². The van der Waals surface area contributed by atoms with Gasteiger partial charge in [-0.05, 0) is 25.7 Å². The summed E-state index contributed by atoms with van der Waals surface area (Å²) < 4.78 is 4.87. The highest BCUT2D eigenvalue weighted by molar-refractivity contribution is 5.76. The molecule has 0 aliphatic heterocycles. The Hall–Kier alpha value is -0.830. The zero-order valence-corrected chi connectivity index (χ0v) is 11.1. The first kappa shape index (κ1) is 14.2. The maximum Gasteiger partial charge on any atom is 0.313 e. The average Bonchev–Trinajstić information content (AvgIpc) is 2.28. The van der Waals surface area contributed by atoms with Gasteiger partial charge in [0.25, 0.3) is 0 Å². The van der Waals surface area contributed by atoms with E-state index in [-0.39, 0.29) is 17.8 Å². The number of hydrogen-bond acceptors (Lipinski definition) is 3. The molecule has 3 nitrogen and oxygen atoms in total. The van der Waals surface area contributed by atoms with Gasteiger partial charge in [-0.2, -0.15) is 0 Å². The minimum Gasteiger partial charge on any atom is -0.469 e. The molecule has 0 aromatic rings. The van der Waals surface area contributed by atoms with Crippen LogP contribution < -0.4 is 0 Å². The van der Waals surface area contributed by atoms with Gasteiger partial charge in [0.05, 0.1) is 19.1 Å². The Morgan fingerprint density at radius 1 is 1.53 bits per heavy atom. The highest BCUT2D eigenvalue weighted by Crippen LogP contribution is 2.35. The third-order valence-corrected chi connectivity index (χ3v) is 3.60. The zero-order valence-electron chi connectivity index (χ0n) is 11.1. The Kier molecular flexibility index (Phi) is 5.69. The summed E-state index contributed by atoms with van der Waals surface area (Å²) in [6.45, 7) is 4.08. The molecule has 0 radical (unpaired) electrons. The summed E-state index contributed by atoms with van der Waals surface area (Å²) in [7, 11) is 1.43. The molecule has 0 bridgehead atoms. The predicted molar refractivity (Wildman–Crippen MR) is 67.5 cm³/mol. The van der Waals surface area contributed by atoms with Crippen LogP contribution in [0.5, 0.6) is 0 Å². The van der Waals surface area contributed by atoms with Crippen LogP contribution in [0, 0.1) is 11.8 Å². The van der Waals surface area contributed by atoms with E-state index in [0.29, 0.717) is 6.42 Å². The van der Waals surface area contributed by atoms with Crippen molar-refractivity contribution in [3.8, 4) is 0 Å². The largest absolute Gasteiger partial charge is 0.469 e. The number of carbonyl (C=O) groups is 1. The van der Waals surface area contributed by atoms with E-state index in [2.05, 4.69) is 6.92 Å². The summed E-state index contributed by atoms with van der Waals surface area (Å²) >= 11 is 0. The molecule has 0 amide bonds. The Balaban J connectivity index is 2.70. The average molecular weight is 240 g/mol. The minimum atomic E-state index is -0.400. The molecule has 0 saturated carbocycles. The quantitative estimate of drug-likeness (QED) is 0.456. The Labute approximate surface area is 104 Å². The molecule has 98 valence electrons. The number of rotatable bonds is 5. The summed E-state index contributed by atoms with van der Waals surface area (Å²) in [5, 5.41) is 9.75. The smallest absolute Gasteiger partial charge is 0.313 e. The molecule has 0 aromatic carbocycles. The van der Waals surface area contributed by atoms with Crippen molar-refractivity contribution in [3.05, 3.63) is 11.6 Å². The van der Waals surface area contributed by atoms with Gasteiger partial charge in [0.1, 0.15) is 0 Å². The van der Waals surface area contributed by atoms with Gasteiger partial charge in [0.15, 0.2) is 0 Å². The maximum absolute atomic E-state index is 11.8. The number of carbonyl (C=O) groups excluding carboxylic acids is 1. The van der Waals surface area contributed by atoms with Crippen molar-refractivity contribution in [2.45, 2.75) is 52.1 Å². The Bertz CT molecular complexity index is 283. The van der Waals surface area contributed by atoms with Gasteiger partial charge in [-0.15, -0.1) is 0 Å². The molecule has 17 heavy (non-hydrogen) atoms. The fourth-order valence-electron chi connectivity index (χ4n) is 2.74. The molecule has 0 heterocycles. The molecule has 0 aromatic heterocycles. The van der Waals surface area contributed by atoms with E-state index in [9.17, 15) is 9.90 Å². The maximum atomic E-state index is 11.8. The lowest BCUT2D eigenvalue weighted by molar-refractivity contribution is -0.146. The first-order valence-corrected chi connectivity index (χ1v) is 6.54. The fourth-order valence-corrected chi connectivity index (χ4v) is 2.74. The van der Waals surface area contributed by atoms with Crippen LogP contribution in [0.15, 0.2) is 11.6 Å². The highest BCUT2D eigenvalue weighted by Gasteiger charge is 2.34. The molecule has 3 heteroatoms. The van der Waals surface area contributed by atoms with Crippen LogP contribution >= 0.6 is 0 Å². The standard InChI is InChI=1S/C14H24O3/c1-4-5-6-7-11-9-12(15)8-10(2)13(11)14(16)17-3/h8,11-13,15H,4-7,9H2,1-3H3/t11-,12+,13-/m1/s1. The number of aliphatic hydroxyl groups is 1. The van der Waals surface area contributed by atoms with Crippen LogP contribution in [0.2, 0.25) is 0 Å². The number of unbranched alkanes of at least 4 members (excludes halogenated alkanes) is 2. The number of aliphatic hydroxyl groups excluding tert-OH is 1. The molecule has 1 aliphatic carbocycles. The SMILES string of the molecule is CCCCC[C@@H]1C[C@@H](O)C=C(C)[C@H]1C(=O)OC. The zero-order chi connectivity index (χ0) is 12.8. The molecular weight excluding hydrogens is 216 g/mol. The molecule has 0 saturated heterocycles. The van der Waals surface area contributed by atoms with Gasteiger partial charge in [-0.3, -0.25) is 4.79 Å². The summed E-state index contributed by atoms with van der Waals surface area (Å²) in [5.41, 5.74) is 0.956. The van der Waals surface area contributed by atoms with E-state index in [4.69, 9.17) is 4.74 Å². The molecule has 0 fully saturated rings.